The highest BCUT2D eigenvalue weighted by molar-refractivity contribution is 7.13. The molecule has 1 N–H and O–H groups in total. The lowest BCUT2D eigenvalue weighted by Gasteiger charge is -2.11. The number of carbonyl (C=O) groups excluding carboxylic acids is 1. The first-order chi connectivity index (χ1) is 11.5. The SMILES string of the molecule is Cc1csc(NC(=O)c2c3c(nc4c2cnn4C(C)C)CCC3)n1. The zero-order chi connectivity index (χ0) is 16.8. The first-order valence-corrected chi connectivity index (χ1v) is 9.05. The van der Waals surface area contributed by atoms with Gasteiger partial charge in [-0.15, -0.1) is 11.3 Å². The van der Waals surface area contributed by atoms with Gasteiger partial charge in [-0.25, -0.2) is 14.6 Å². The van der Waals surface area contributed by atoms with Crippen molar-refractivity contribution in [3.8, 4) is 0 Å². The molecule has 3 aromatic heterocycles. The van der Waals surface area contributed by atoms with Crippen LogP contribution < -0.4 is 5.32 Å². The number of hydrogen-bond acceptors (Lipinski definition) is 5. The first kappa shape index (κ1) is 15.3. The van der Waals surface area contributed by atoms with E-state index in [4.69, 9.17) is 4.98 Å². The van der Waals surface area contributed by atoms with Crippen LogP contribution in [-0.4, -0.2) is 25.7 Å². The number of rotatable bonds is 3. The number of carbonyl (C=O) groups is 1. The lowest BCUT2D eigenvalue weighted by Crippen LogP contribution is -2.16. The summed E-state index contributed by atoms with van der Waals surface area (Å²) in [5.41, 5.74) is 4.52. The van der Waals surface area contributed by atoms with Crippen LogP contribution in [0.1, 0.15) is 53.6 Å². The standard InChI is InChI=1S/C17H19N5OS/c1-9(2)22-15-12(7-18-22)14(11-5-4-6-13(11)20-15)16(23)21-17-19-10(3)8-24-17/h7-9H,4-6H2,1-3H3,(H,19,21,23). The molecule has 1 aliphatic rings. The Kier molecular flexibility index (Phi) is 3.60. The summed E-state index contributed by atoms with van der Waals surface area (Å²) in [5.74, 6) is -0.113. The molecule has 6 nitrogen and oxygen atoms in total. The van der Waals surface area contributed by atoms with E-state index in [9.17, 15) is 4.79 Å². The largest absolute Gasteiger partial charge is 0.298 e. The van der Waals surface area contributed by atoms with Crippen molar-refractivity contribution in [3.63, 3.8) is 0 Å². The molecule has 0 saturated carbocycles. The van der Waals surface area contributed by atoms with Crippen LogP contribution in [0.5, 0.6) is 0 Å². The average molecular weight is 341 g/mol. The van der Waals surface area contributed by atoms with E-state index in [1.807, 2.05) is 17.0 Å². The minimum Gasteiger partial charge on any atom is -0.298 e. The second-order valence-electron chi connectivity index (χ2n) is 6.43. The number of aromatic nitrogens is 4. The van der Waals surface area contributed by atoms with Gasteiger partial charge in [-0.2, -0.15) is 5.10 Å². The maximum Gasteiger partial charge on any atom is 0.258 e. The molecule has 1 amide bonds. The maximum absolute atomic E-state index is 13.0. The summed E-state index contributed by atoms with van der Waals surface area (Å²) in [6.45, 7) is 6.06. The fourth-order valence-electron chi connectivity index (χ4n) is 3.26. The lowest BCUT2D eigenvalue weighted by molar-refractivity contribution is 0.102. The summed E-state index contributed by atoms with van der Waals surface area (Å²) in [6.07, 6.45) is 4.62. The van der Waals surface area contributed by atoms with E-state index < -0.39 is 0 Å². The van der Waals surface area contributed by atoms with Gasteiger partial charge < -0.3 is 0 Å². The summed E-state index contributed by atoms with van der Waals surface area (Å²) in [5, 5.41) is 10.8. The Hall–Kier alpha value is -2.28. The van der Waals surface area contributed by atoms with Gasteiger partial charge in [-0.1, -0.05) is 0 Å². The van der Waals surface area contributed by atoms with Crippen molar-refractivity contribution in [2.45, 2.75) is 46.1 Å². The Morgan fingerprint density at radius 1 is 1.33 bits per heavy atom. The fraction of sp³-hybridized carbons (Fsp3) is 0.412. The van der Waals surface area contributed by atoms with Gasteiger partial charge in [0.1, 0.15) is 0 Å². The molecule has 0 bridgehead atoms. The quantitative estimate of drug-likeness (QED) is 0.791. The van der Waals surface area contributed by atoms with Crippen molar-refractivity contribution >= 4 is 33.4 Å². The van der Waals surface area contributed by atoms with Crippen LogP contribution in [0.15, 0.2) is 11.6 Å². The van der Waals surface area contributed by atoms with E-state index in [0.717, 1.165) is 47.2 Å². The Morgan fingerprint density at radius 3 is 2.88 bits per heavy atom. The van der Waals surface area contributed by atoms with Gasteiger partial charge in [0.25, 0.3) is 5.91 Å². The smallest absolute Gasteiger partial charge is 0.258 e. The van der Waals surface area contributed by atoms with Crippen molar-refractivity contribution in [3.05, 3.63) is 34.1 Å². The number of hydrogen-bond donors (Lipinski definition) is 1. The highest BCUT2D eigenvalue weighted by Crippen LogP contribution is 2.31. The molecule has 0 unspecified atom stereocenters. The molecule has 3 heterocycles. The predicted molar refractivity (Wildman–Crippen MR) is 94.7 cm³/mol. The molecule has 0 aromatic carbocycles. The minimum absolute atomic E-state index is 0.113. The van der Waals surface area contributed by atoms with Crippen LogP contribution in [-0.2, 0) is 12.8 Å². The van der Waals surface area contributed by atoms with Gasteiger partial charge in [0.15, 0.2) is 10.8 Å². The fourth-order valence-corrected chi connectivity index (χ4v) is 3.95. The van der Waals surface area contributed by atoms with Crippen molar-refractivity contribution in [1.82, 2.24) is 19.7 Å². The third-order valence-corrected chi connectivity index (χ3v) is 5.20. The van der Waals surface area contributed by atoms with Crippen LogP contribution in [0.25, 0.3) is 11.0 Å². The molecule has 4 rings (SSSR count). The van der Waals surface area contributed by atoms with Gasteiger partial charge in [0.05, 0.1) is 22.8 Å². The second-order valence-corrected chi connectivity index (χ2v) is 7.29. The summed E-state index contributed by atoms with van der Waals surface area (Å²) < 4.78 is 1.89. The van der Waals surface area contributed by atoms with Gasteiger partial charge in [-0.05, 0) is 45.6 Å². The molecule has 0 saturated heterocycles. The molecule has 0 spiro atoms. The molecular weight excluding hydrogens is 322 g/mol. The molecule has 0 atom stereocenters. The Morgan fingerprint density at radius 2 is 2.17 bits per heavy atom. The normalized spacial score (nSPS) is 13.7. The molecule has 1 aliphatic carbocycles. The number of nitrogens with zero attached hydrogens (tertiary/aromatic N) is 4. The molecule has 0 aliphatic heterocycles. The highest BCUT2D eigenvalue weighted by atomic mass is 32.1. The number of aryl methyl sites for hydroxylation is 2. The molecule has 124 valence electrons. The number of fused-ring (bicyclic) bond motifs is 2. The molecule has 24 heavy (non-hydrogen) atoms. The van der Waals surface area contributed by atoms with Crippen molar-refractivity contribution in [2.75, 3.05) is 5.32 Å². The monoisotopic (exact) mass is 341 g/mol. The topological polar surface area (TPSA) is 72.7 Å². The van der Waals surface area contributed by atoms with Gasteiger partial charge in [0, 0.05) is 17.1 Å². The van der Waals surface area contributed by atoms with Crippen LogP contribution in [0.4, 0.5) is 5.13 Å². The molecule has 0 fully saturated rings. The van der Waals surface area contributed by atoms with Crippen molar-refractivity contribution in [1.29, 1.82) is 0 Å². The van der Waals surface area contributed by atoms with Crippen LogP contribution in [0, 0.1) is 6.92 Å². The van der Waals surface area contributed by atoms with Crippen LogP contribution in [0.3, 0.4) is 0 Å². The average Bonchev–Trinajstić information content (AvgIpc) is 3.23. The van der Waals surface area contributed by atoms with E-state index in [1.165, 1.54) is 11.3 Å². The van der Waals surface area contributed by atoms with Crippen molar-refractivity contribution < 1.29 is 4.79 Å². The summed E-state index contributed by atoms with van der Waals surface area (Å²) in [7, 11) is 0. The van der Waals surface area contributed by atoms with E-state index in [2.05, 4.69) is 29.2 Å². The summed E-state index contributed by atoms with van der Waals surface area (Å²) >= 11 is 1.44. The van der Waals surface area contributed by atoms with Crippen molar-refractivity contribution in [2.24, 2.45) is 0 Å². The number of pyridine rings is 1. The highest BCUT2D eigenvalue weighted by Gasteiger charge is 2.26. The third-order valence-electron chi connectivity index (χ3n) is 4.33. The molecular formula is C17H19N5OS. The number of anilines is 1. The summed E-state index contributed by atoms with van der Waals surface area (Å²) in [4.78, 5) is 22.1. The molecule has 7 heteroatoms. The lowest BCUT2D eigenvalue weighted by atomic mass is 10.0. The summed E-state index contributed by atoms with van der Waals surface area (Å²) in [6, 6.07) is 0.201. The van der Waals surface area contributed by atoms with Crippen LogP contribution >= 0.6 is 11.3 Å². The van der Waals surface area contributed by atoms with E-state index >= 15 is 0 Å². The van der Waals surface area contributed by atoms with E-state index in [0.29, 0.717) is 10.7 Å². The van der Waals surface area contributed by atoms with Gasteiger partial charge in [0.2, 0.25) is 0 Å². The van der Waals surface area contributed by atoms with Gasteiger partial charge in [-0.3, -0.25) is 10.1 Å². The van der Waals surface area contributed by atoms with Gasteiger partial charge >= 0.3 is 0 Å². The maximum atomic E-state index is 13.0. The second kappa shape index (κ2) is 5.66. The zero-order valence-corrected chi connectivity index (χ0v) is 14.8. The first-order valence-electron chi connectivity index (χ1n) is 8.17. The zero-order valence-electron chi connectivity index (χ0n) is 14.0. The Balaban J connectivity index is 1.85. The van der Waals surface area contributed by atoms with E-state index in [-0.39, 0.29) is 11.9 Å². The third kappa shape index (κ3) is 2.39. The number of amides is 1. The Labute approximate surface area is 143 Å². The molecule has 3 aromatic rings. The number of thiazole rings is 1. The van der Waals surface area contributed by atoms with E-state index in [1.54, 1.807) is 6.20 Å². The van der Waals surface area contributed by atoms with Crippen LogP contribution in [0.2, 0.25) is 0 Å². The number of nitrogens with one attached hydrogen (secondary N) is 1. The predicted octanol–water partition coefficient (Wildman–Crippen LogP) is 3.52. The Bertz CT molecular complexity index is 940. The molecule has 0 radical (unpaired) electrons. The minimum atomic E-state index is -0.113.